The third-order valence-corrected chi connectivity index (χ3v) is 6.24. The lowest BCUT2D eigenvalue weighted by molar-refractivity contribution is 0.0801. The lowest BCUT2D eigenvalue weighted by Gasteiger charge is -2.41. The van der Waals surface area contributed by atoms with Gasteiger partial charge in [-0.15, -0.1) is 0 Å². The Labute approximate surface area is 129 Å². The van der Waals surface area contributed by atoms with Gasteiger partial charge < -0.3 is 0 Å². The van der Waals surface area contributed by atoms with Crippen LogP contribution in [0.3, 0.4) is 0 Å². The molecule has 120 valence electrons. The molecule has 4 rings (SSSR count). The lowest BCUT2D eigenvalue weighted by Crippen LogP contribution is -2.34. The van der Waals surface area contributed by atoms with Crippen LogP contribution in [-0.4, -0.2) is 0 Å². The number of hydrogen-bond donors (Lipinski definition) is 0. The fourth-order valence-electron chi connectivity index (χ4n) is 5.98. The van der Waals surface area contributed by atoms with Crippen molar-refractivity contribution in [2.45, 2.75) is 92.9 Å². The van der Waals surface area contributed by atoms with Gasteiger partial charge in [0, 0.05) is 0 Å². The molecule has 4 aliphatic rings. The van der Waals surface area contributed by atoms with E-state index in [-0.39, 0.29) is 0 Å². The Morgan fingerprint density at radius 1 is 0.400 bits per heavy atom. The molecule has 4 fully saturated rings. The molecule has 0 heteroatoms. The molecule has 4 saturated carbocycles. The molecule has 4 aliphatic carbocycles. The van der Waals surface area contributed by atoms with Crippen LogP contribution in [0, 0.1) is 35.5 Å². The summed E-state index contributed by atoms with van der Waals surface area (Å²) in [6.07, 6.45) is 12.8. The largest absolute Gasteiger partial charge is 0.0683 e. The van der Waals surface area contributed by atoms with E-state index in [9.17, 15) is 0 Å². The van der Waals surface area contributed by atoms with E-state index in [2.05, 4.69) is 0 Å². The highest BCUT2D eigenvalue weighted by atomic mass is 14.6. The van der Waals surface area contributed by atoms with Crippen LogP contribution in [0.25, 0.3) is 0 Å². The molecule has 0 spiro atoms. The SMILES string of the molecule is C1CCC2C(C1)C1CC2C2CCCC21.CC.CC.CC. The van der Waals surface area contributed by atoms with Gasteiger partial charge in [-0.05, 0) is 67.6 Å². The van der Waals surface area contributed by atoms with Crippen molar-refractivity contribution in [3.63, 3.8) is 0 Å². The van der Waals surface area contributed by atoms with Gasteiger partial charge in [0.1, 0.15) is 0 Å². The van der Waals surface area contributed by atoms with E-state index in [0.717, 1.165) is 0 Å². The summed E-state index contributed by atoms with van der Waals surface area (Å²) in [4.78, 5) is 0. The summed E-state index contributed by atoms with van der Waals surface area (Å²) in [5, 5.41) is 0. The standard InChI is InChI=1S/C14H22.3C2H6/c1-2-5-10-9(4-1)13-8-14(10)12-7-3-6-11(12)13;3*1-2/h9-14H,1-8H2;3*1-2H3. The third-order valence-electron chi connectivity index (χ3n) is 6.24. The van der Waals surface area contributed by atoms with Crippen molar-refractivity contribution in [3.8, 4) is 0 Å². The molecule has 6 atom stereocenters. The fraction of sp³-hybridized carbons (Fsp3) is 1.00. The average Bonchev–Trinajstić information content (AvgIpc) is 3.25. The highest BCUT2D eigenvalue weighted by Gasteiger charge is 2.58. The van der Waals surface area contributed by atoms with Crippen LogP contribution in [0.1, 0.15) is 92.9 Å². The number of hydrogen-bond acceptors (Lipinski definition) is 0. The molecule has 6 unspecified atom stereocenters. The minimum absolute atomic E-state index is 1.20. The number of rotatable bonds is 0. The molecule has 0 N–H and O–H groups in total. The van der Waals surface area contributed by atoms with Crippen molar-refractivity contribution < 1.29 is 0 Å². The van der Waals surface area contributed by atoms with Gasteiger partial charge in [-0.2, -0.15) is 0 Å². The van der Waals surface area contributed by atoms with Crippen molar-refractivity contribution in [2.24, 2.45) is 35.5 Å². The van der Waals surface area contributed by atoms with Gasteiger partial charge in [0.05, 0.1) is 0 Å². The molecule has 20 heavy (non-hydrogen) atoms. The maximum absolute atomic E-state index is 2.00. The minimum Gasteiger partial charge on any atom is -0.0683 e. The lowest BCUT2D eigenvalue weighted by atomic mass is 9.64. The quantitative estimate of drug-likeness (QED) is 0.451. The zero-order valence-corrected chi connectivity index (χ0v) is 15.1. The predicted molar refractivity (Wildman–Crippen MR) is 91.9 cm³/mol. The van der Waals surface area contributed by atoms with E-state index in [4.69, 9.17) is 0 Å². The monoisotopic (exact) mass is 280 g/mol. The van der Waals surface area contributed by atoms with Crippen LogP contribution in [-0.2, 0) is 0 Å². The summed E-state index contributed by atoms with van der Waals surface area (Å²) >= 11 is 0. The molecule has 0 aromatic heterocycles. The first-order valence-electron chi connectivity index (χ1n) is 9.95. The molecule has 0 aromatic carbocycles. The summed E-state index contributed by atoms with van der Waals surface area (Å²) < 4.78 is 0. The molecule has 0 nitrogen and oxygen atoms in total. The van der Waals surface area contributed by atoms with Gasteiger partial charge in [0.15, 0.2) is 0 Å². The Balaban J connectivity index is 0.000000300. The van der Waals surface area contributed by atoms with Gasteiger partial charge in [-0.1, -0.05) is 60.8 Å². The summed E-state index contributed by atoms with van der Waals surface area (Å²) in [7, 11) is 0. The Bertz CT molecular complexity index is 220. The van der Waals surface area contributed by atoms with Crippen molar-refractivity contribution in [3.05, 3.63) is 0 Å². The molecule has 0 saturated heterocycles. The Hall–Kier alpha value is 0. The first kappa shape index (κ1) is 18.1. The van der Waals surface area contributed by atoms with Crippen molar-refractivity contribution >= 4 is 0 Å². The molecule has 0 amide bonds. The van der Waals surface area contributed by atoms with Crippen LogP contribution in [0.2, 0.25) is 0 Å². The smallest absolute Gasteiger partial charge is 0.0349 e. The molecular formula is C20H40. The Morgan fingerprint density at radius 2 is 0.700 bits per heavy atom. The molecular weight excluding hydrogens is 240 g/mol. The van der Waals surface area contributed by atoms with Gasteiger partial charge in [-0.3, -0.25) is 0 Å². The second kappa shape index (κ2) is 9.11. The first-order valence-corrected chi connectivity index (χ1v) is 9.95. The predicted octanol–water partition coefficient (Wildman–Crippen LogP) is 6.94. The van der Waals surface area contributed by atoms with Gasteiger partial charge in [0.2, 0.25) is 0 Å². The van der Waals surface area contributed by atoms with Crippen LogP contribution in [0.5, 0.6) is 0 Å². The van der Waals surface area contributed by atoms with Crippen LogP contribution in [0.4, 0.5) is 0 Å². The maximum atomic E-state index is 2.00. The summed E-state index contributed by atoms with van der Waals surface area (Å²) in [5.41, 5.74) is 0. The molecule has 0 heterocycles. The van der Waals surface area contributed by atoms with Crippen molar-refractivity contribution in [1.29, 1.82) is 0 Å². The zero-order valence-electron chi connectivity index (χ0n) is 15.1. The van der Waals surface area contributed by atoms with E-state index >= 15 is 0 Å². The highest BCUT2D eigenvalue weighted by molar-refractivity contribution is 5.07. The maximum Gasteiger partial charge on any atom is -0.0349 e. The Kier molecular flexibility index (Phi) is 8.22. The summed E-state index contributed by atoms with van der Waals surface area (Å²) in [6.45, 7) is 12.0. The first-order chi connectivity index (χ1) is 9.95. The Morgan fingerprint density at radius 3 is 1.05 bits per heavy atom. The summed E-state index contributed by atoms with van der Waals surface area (Å²) in [5.74, 6) is 7.23. The second-order valence-electron chi connectivity index (χ2n) is 6.43. The minimum atomic E-state index is 1.20. The second-order valence-corrected chi connectivity index (χ2v) is 6.43. The third kappa shape index (κ3) is 3.09. The van der Waals surface area contributed by atoms with E-state index in [1.165, 1.54) is 35.5 Å². The van der Waals surface area contributed by atoms with E-state index in [0.29, 0.717) is 0 Å². The van der Waals surface area contributed by atoms with E-state index in [1.807, 2.05) is 41.5 Å². The van der Waals surface area contributed by atoms with Gasteiger partial charge in [0.25, 0.3) is 0 Å². The van der Waals surface area contributed by atoms with Crippen LogP contribution >= 0.6 is 0 Å². The van der Waals surface area contributed by atoms with E-state index in [1.54, 1.807) is 51.4 Å². The highest BCUT2D eigenvalue weighted by Crippen LogP contribution is 2.66. The topological polar surface area (TPSA) is 0 Å². The molecule has 2 bridgehead atoms. The van der Waals surface area contributed by atoms with Gasteiger partial charge in [-0.25, -0.2) is 0 Å². The molecule has 0 aromatic rings. The fourth-order valence-corrected chi connectivity index (χ4v) is 5.98. The van der Waals surface area contributed by atoms with Crippen molar-refractivity contribution in [1.82, 2.24) is 0 Å². The zero-order chi connectivity index (χ0) is 15.1. The van der Waals surface area contributed by atoms with Gasteiger partial charge >= 0.3 is 0 Å². The van der Waals surface area contributed by atoms with Crippen LogP contribution in [0.15, 0.2) is 0 Å². The van der Waals surface area contributed by atoms with E-state index < -0.39 is 0 Å². The van der Waals surface area contributed by atoms with Crippen molar-refractivity contribution in [2.75, 3.05) is 0 Å². The summed E-state index contributed by atoms with van der Waals surface area (Å²) in [6, 6.07) is 0. The normalized spacial score (nSPS) is 42.9. The molecule has 0 radical (unpaired) electrons. The number of fused-ring (bicyclic) bond motifs is 8. The molecule has 0 aliphatic heterocycles. The van der Waals surface area contributed by atoms with Crippen LogP contribution < -0.4 is 0 Å². The average molecular weight is 281 g/mol.